The number of pyridine rings is 1. The van der Waals surface area contributed by atoms with E-state index in [2.05, 4.69) is 10.3 Å². The second-order valence-electron chi connectivity index (χ2n) is 6.78. The molecule has 0 aliphatic carbocycles. The first-order valence-electron chi connectivity index (χ1n) is 9.58. The number of hydrogen-bond donors (Lipinski definition) is 1. The number of nitrogens with one attached hydrogen (secondary N) is 1. The molecular formula is C23H23ClN2O3. The number of halogens is 1. The Morgan fingerprint density at radius 2 is 1.93 bits per heavy atom. The standard InChI is InChI=1S/C23H23ClN2O3/c1-4-16(27)11-15-6-7-17(12-20(15)24)29-22-8-9-26-21-10-14(3)18(13-19(21)22)23(28)25-5-2/h6-10,12-13H,4-5,11H2,1-3H3,(H,25,28). The van der Waals surface area contributed by atoms with Crippen LogP contribution in [0.2, 0.25) is 5.02 Å². The number of fused-ring (bicyclic) bond motifs is 1. The van der Waals surface area contributed by atoms with Crippen molar-refractivity contribution >= 4 is 34.2 Å². The number of benzene rings is 2. The summed E-state index contributed by atoms with van der Waals surface area (Å²) >= 11 is 6.34. The summed E-state index contributed by atoms with van der Waals surface area (Å²) in [6.45, 7) is 6.15. The third kappa shape index (κ3) is 4.74. The van der Waals surface area contributed by atoms with Crippen molar-refractivity contribution < 1.29 is 14.3 Å². The predicted molar refractivity (Wildman–Crippen MR) is 115 cm³/mol. The smallest absolute Gasteiger partial charge is 0.251 e. The van der Waals surface area contributed by atoms with Gasteiger partial charge in [-0.3, -0.25) is 14.6 Å². The molecule has 0 saturated carbocycles. The number of rotatable bonds is 7. The van der Waals surface area contributed by atoms with E-state index in [1.807, 2.05) is 26.8 Å². The average molecular weight is 411 g/mol. The summed E-state index contributed by atoms with van der Waals surface area (Å²) < 4.78 is 6.05. The molecule has 1 amide bonds. The first kappa shape index (κ1) is 20.8. The van der Waals surface area contributed by atoms with Crippen molar-refractivity contribution in [1.82, 2.24) is 10.3 Å². The minimum absolute atomic E-state index is 0.130. The Morgan fingerprint density at radius 1 is 1.14 bits per heavy atom. The Morgan fingerprint density at radius 3 is 2.62 bits per heavy atom. The van der Waals surface area contributed by atoms with Crippen LogP contribution in [0.25, 0.3) is 10.9 Å². The van der Waals surface area contributed by atoms with Crippen molar-refractivity contribution in [1.29, 1.82) is 0 Å². The van der Waals surface area contributed by atoms with Gasteiger partial charge < -0.3 is 10.1 Å². The summed E-state index contributed by atoms with van der Waals surface area (Å²) in [5.41, 5.74) is 2.95. The van der Waals surface area contributed by atoms with Crippen molar-refractivity contribution in [2.24, 2.45) is 0 Å². The van der Waals surface area contributed by atoms with E-state index in [1.54, 1.807) is 36.5 Å². The summed E-state index contributed by atoms with van der Waals surface area (Å²) in [5, 5.41) is 4.05. The Balaban J connectivity index is 1.95. The summed E-state index contributed by atoms with van der Waals surface area (Å²) in [4.78, 5) is 28.4. The lowest BCUT2D eigenvalue weighted by atomic mass is 10.0. The van der Waals surface area contributed by atoms with E-state index in [9.17, 15) is 9.59 Å². The molecule has 0 fully saturated rings. The van der Waals surface area contributed by atoms with E-state index in [-0.39, 0.29) is 11.7 Å². The third-order valence-corrected chi connectivity index (χ3v) is 5.02. The SMILES string of the molecule is CCNC(=O)c1cc2c(Oc3ccc(CC(=O)CC)c(Cl)c3)ccnc2cc1C. The van der Waals surface area contributed by atoms with E-state index in [0.29, 0.717) is 41.5 Å². The number of Topliss-reactive ketones (excluding diaryl/α,β-unsaturated/α-hetero) is 1. The van der Waals surface area contributed by atoms with E-state index in [1.165, 1.54) is 0 Å². The molecule has 0 bridgehead atoms. The molecule has 0 aliphatic rings. The second kappa shape index (κ2) is 9.05. The van der Waals surface area contributed by atoms with Crippen molar-refractivity contribution in [3.05, 3.63) is 64.3 Å². The molecule has 1 heterocycles. The number of carbonyl (C=O) groups excluding carboxylic acids is 2. The molecule has 1 N–H and O–H groups in total. The molecule has 0 spiro atoms. The van der Waals surface area contributed by atoms with Crippen LogP contribution < -0.4 is 10.1 Å². The summed E-state index contributed by atoms with van der Waals surface area (Å²) in [7, 11) is 0. The van der Waals surface area contributed by atoms with Crippen molar-refractivity contribution in [2.45, 2.75) is 33.6 Å². The van der Waals surface area contributed by atoms with Gasteiger partial charge >= 0.3 is 0 Å². The summed E-state index contributed by atoms with van der Waals surface area (Å²) in [6, 6.07) is 10.7. The summed E-state index contributed by atoms with van der Waals surface area (Å²) in [6.07, 6.45) is 2.45. The molecular weight excluding hydrogens is 388 g/mol. The molecule has 2 aromatic carbocycles. The van der Waals surface area contributed by atoms with Crippen molar-refractivity contribution in [2.75, 3.05) is 6.54 Å². The lowest BCUT2D eigenvalue weighted by molar-refractivity contribution is -0.118. The lowest BCUT2D eigenvalue weighted by Gasteiger charge is -2.13. The van der Waals surface area contributed by atoms with Crippen LogP contribution in [0, 0.1) is 6.92 Å². The first-order chi connectivity index (χ1) is 13.9. The Bertz CT molecular complexity index is 1080. The topological polar surface area (TPSA) is 68.3 Å². The molecule has 1 aromatic heterocycles. The van der Waals surface area contributed by atoms with Crippen LogP contribution in [0.15, 0.2) is 42.6 Å². The highest BCUT2D eigenvalue weighted by Crippen LogP contribution is 2.32. The third-order valence-electron chi connectivity index (χ3n) is 4.66. The van der Waals surface area contributed by atoms with Gasteiger partial charge in [-0.05, 0) is 55.3 Å². The van der Waals surface area contributed by atoms with Gasteiger partial charge in [0.1, 0.15) is 17.3 Å². The number of hydrogen-bond acceptors (Lipinski definition) is 4. The number of amides is 1. The number of nitrogens with zero attached hydrogens (tertiary/aromatic N) is 1. The van der Waals surface area contributed by atoms with E-state index < -0.39 is 0 Å². The second-order valence-corrected chi connectivity index (χ2v) is 7.18. The van der Waals surface area contributed by atoms with Gasteiger partial charge in [-0.25, -0.2) is 0 Å². The van der Waals surface area contributed by atoms with E-state index in [0.717, 1.165) is 22.0 Å². The number of ether oxygens (including phenoxy) is 1. The molecule has 0 aliphatic heterocycles. The molecule has 5 nitrogen and oxygen atoms in total. The number of carbonyl (C=O) groups is 2. The molecule has 3 rings (SSSR count). The Kier molecular flexibility index (Phi) is 6.49. The molecule has 0 saturated heterocycles. The summed E-state index contributed by atoms with van der Waals surface area (Å²) in [5.74, 6) is 1.13. The highest BCUT2D eigenvalue weighted by Gasteiger charge is 2.14. The van der Waals surface area contributed by atoms with Crippen molar-refractivity contribution in [3.8, 4) is 11.5 Å². The first-order valence-corrected chi connectivity index (χ1v) is 9.96. The minimum Gasteiger partial charge on any atom is -0.457 e. The van der Waals surface area contributed by atoms with Crippen LogP contribution >= 0.6 is 11.6 Å². The van der Waals surface area contributed by atoms with Gasteiger partial charge in [-0.1, -0.05) is 24.6 Å². The zero-order chi connectivity index (χ0) is 21.0. The van der Waals surface area contributed by atoms with Crippen LogP contribution in [-0.2, 0) is 11.2 Å². The van der Waals surface area contributed by atoms with E-state index >= 15 is 0 Å². The maximum absolute atomic E-state index is 12.4. The van der Waals surface area contributed by atoms with Gasteiger partial charge in [0.15, 0.2) is 0 Å². The number of aryl methyl sites for hydroxylation is 1. The zero-order valence-electron chi connectivity index (χ0n) is 16.7. The molecule has 0 radical (unpaired) electrons. The van der Waals surface area contributed by atoms with Gasteiger partial charge in [0, 0.05) is 41.6 Å². The number of aromatic nitrogens is 1. The van der Waals surface area contributed by atoms with Crippen LogP contribution in [0.1, 0.15) is 41.8 Å². The maximum Gasteiger partial charge on any atom is 0.251 e. The Hall–Kier alpha value is -2.92. The highest BCUT2D eigenvalue weighted by atomic mass is 35.5. The van der Waals surface area contributed by atoms with Gasteiger partial charge in [0.25, 0.3) is 5.91 Å². The van der Waals surface area contributed by atoms with E-state index in [4.69, 9.17) is 16.3 Å². The van der Waals surface area contributed by atoms with Gasteiger partial charge in [-0.2, -0.15) is 0 Å². The molecule has 0 unspecified atom stereocenters. The van der Waals surface area contributed by atoms with Crippen LogP contribution in [0.4, 0.5) is 0 Å². The quantitative estimate of drug-likeness (QED) is 0.576. The predicted octanol–water partition coefficient (Wildman–Crippen LogP) is 5.26. The molecule has 3 aromatic rings. The number of ketones is 1. The average Bonchev–Trinajstić information content (AvgIpc) is 2.69. The normalized spacial score (nSPS) is 10.8. The fraction of sp³-hybridized carbons (Fsp3) is 0.261. The van der Waals surface area contributed by atoms with Crippen molar-refractivity contribution in [3.63, 3.8) is 0 Å². The van der Waals surface area contributed by atoms with Crippen LogP contribution in [-0.4, -0.2) is 23.2 Å². The van der Waals surface area contributed by atoms with Crippen LogP contribution in [0.3, 0.4) is 0 Å². The van der Waals surface area contributed by atoms with Gasteiger partial charge in [-0.15, -0.1) is 0 Å². The van der Waals surface area contributed by atoms with Gasteiger partial charge in [0.05, 0.1) is 5.52 Å². The fourth-order valence-corrected chi connectivity index (χ4v) is 3.30. The molecule has 6 heteroatoms. The maximum atomic E-state index is 12.4. The fourth-order valence-electron chi connectivity index (χ4n) is 3.06. The monoisotopic (exact) mass is 410 g/mol. The van der Waals surface area contributed by atoms with Crippen LogP contribution in [0.5, 0.6) is 11.5 Å². The molecule has 150 valence electrons. The molecule has 0 atom stereocenters. The molecule has 29 heavy (non-hydrogen) atoms. The minimum atomic E-state index is -0.130. The largest absolute Gasteiger partial charge is 0.457 e. The lowest BCUT2D eigenvalue weighted by Crippen LogP contribution is -2.23. The highest BCUT2D eigenvalue weighted by molar-refractivity contribution is 6.31. The Labute approximate surface area is 175 Å². The zero-order valence-corrected chi connectivity index (χ0v) is 17.5. The van der Waals surface area contributed by atoms with Gasteiger partial charge in [0.2, 0.25) is 0 Å².